The molecule has 0 saturated carbocycles. The Labute approximate surface area is 92.0 Å². The van der Waals surface area contributed by atoms with Gasteiger partial charge in [0, 0.05) is 15.2 Å². The summed E-state index contributed by atoms with van der Waals surface area (Å²) in [5.74, 6) is 0.193. The highest BCUT2D eigenvalue weighted by molar-refractivity contribution is 5.26. The molecule has 1 rings (SSSR count). The van der Waals surface area contributed by atoms with Crippen LogP contribution in [0.5, 0.6) is 5.75 Å². The highest BCUT2D eigenvalue weighted by Gasteiger charge is 2.05. The molecule has 0 saturated heterocycles. The molecule has 0 aliphatic heterocycles. The van der Waals surface area contributed by atoms with E-state index in [2.05, 4.69) is 10.0 Å². The standard InChI is InChI=1S/C9H11N3O2.4H2/c10-12-11-8(6-13)5-7-1-3-9(14)4-2-7;;;;/h1-4,8,13-14H,5-6H2;4*1H/t8-;;;;/m0..../s1/i;3*1+1D;1+1. The van der Waals surface area contributed by atoms with Gasteiger partial charge in [-0.25, -0.2) is 0 Å². The molecular weight excluding hydrogens is 182 g/mol. The second kappa shape index (κ2) is 5.11. The smallest absolute Gasteiger partial charge is 0.115 e. The van der Waals surface area contributed by atoms with Crippen LogP contribution >= 0.6 is 0 Å². The molecule has 0 spiro atoms. The molecule has 1 aromatic rings. The molecule has 0 fully saturated rings. The van der Waals surface area contributed by atoms with Crippen molar-refractivity contribution in [2.45, 2.75) is 12.5 Å². The van der Waals surface area contributed by atoms with Gasteiger partial charge in [0.15, 0.2) is 0 Å². The van der Waals surface area contributed by atoms with Crippen molar-refractivity contribution in [3.8, 4) is 5.75 Å². The fraction of sp³-hybridized carbons (Fsp3) is 0.333. The van der Waals surface area contributed by atoms with Gasteiger partial charge in [0.25, 0.3) is 0 Å². The van der Waals surface area contributed by atoms with Crippen LogP contribution in [-0.2, 0) is 6.42 Å². The lowest BCUT2D eigenvalue weighted by atomic mass is 10.1. The first kappa shape index (κ1) is 6.70. The Balaban J connectivity index is -0.000000183. The number of aliphatic hydroxyl groups is 1. The summed E-state index contributed by atoms with van der Waals surface area (Å²) in [6.07, 6.45) is 0.473. The normalized spacial score (nSPS) is 13.5. The maximum Gasteiger partial charge on any atom is 0.115 e. The van der Waals surface area contributed by atoms with Gasteiger partial charge in [-0.2, -0.15) is 0 Å². The average molecular weight is 208 g/mol. The van der Waals surface area contributed by atoms with Crippen molar-refractivity contribution < 1.29 is 20.5 Å². The quantitative estimate of drug-likeness (QED) is 0.452. The number of aliphatic hydroxyl groups excluding tert-OH is 1. The Morgan fingerprint density at radius 2 is 2.14 bits per heavy atom. The van der Waals surface area contributed by atoms with Gasteiger partial charge in [-0.3, -0.25) is 0 Å². The van der Waals surface area contributed by atoms with Gasteiger partial charge in [-0.1, -0.05) is 17.2 Å². The maximum atomic E-state index is 9.02. The van der Waals surface area contributed by atoms with Crippen LogP contribution < -0.4 is 0 Å². The van der Waals surface area contributed by atoms with E-state index in [1.165, 1.54) is 0 Å². The summed E-state index contributed by atoms with van der Waals surface area (Å²) in [6.45, 7) is -0.176. The Bertz CT molecular complexity index is 350. The molecule has 0 radical (unpaired) electrons. The van der Waals surface area contributed by atoms with Gasteiger partial charge in [0.1, 0.15) is 5.75 Å². The summed E-state index contributed by atoms with van der Waals surface area (Å²) >= 11 is 0. The fourth-order valence-electron chi connectivity index (χ4n) is 1.12. The van der Waals surface area contributed by atoms with Crippen LogP contribution in [0, 0.1) is 0 Å². The molecule has 5 nitrogen and oxygen atoms in total. The van der Waals surface area contributed by atoms with E-state index in [1.807, 2.05) is 0 Å². The van der Waals surface area contributed by atoms with Gasteiger partial charge < -0.3 is 10.2 Å². The van der Waals surface area contributed by atoms with Crippen molar-refractivity contribution in [3.05, 3.63) is 40.3 Å². The number of nitrogens with zero attached hydrogens (tertiary/aromatic N) is 3. The number of rotatable bonds is 4. The molecule has 2 N–H and O–H groups in total. The molecule has 14 heavy (non-hydrogen) atoms. The van der Waals surface area contributed by atoms with Crippen LogP contribution in [-0.4, -0.2) is 22.9 Å². The van der Waals surface area contributed by atoms with Gasteiger partial charge in [0.2, 0.25) is 0 Å². The van der Waals surface area contributed by atoms with E-state index in [4.69, 9.17) is 24.7 Å². The molecule has 0 aliphatic rings. The summed E-state index contributed by atoms with van der Waals surface area (Å²) in [5.41, 5.74) is 9.11. The zero-order chi connectivity index (χ0) is 16.4. The van der Waals surface area contributed by atoms with Crippen LogP contribution in [0.1, 0.15) is 15.9 Å². The van der Waals surface area contributed by atoms with Crippen molar-refractivity contribution in [1.29, 1.82) is 0 Å². The van der Waals surface area contributed by atoms with Gasteiger partial charge >= 0.3 is 0 Å². The zero-order valence-corrected chi connectivity index (χ0v) is 7.54. The zero-order valence-electron chi connectivity index (χ0n) is 13.5. The molecular formula is C9H19N3O2. The highest BCUT2D eigenvalue weighted by Crippen LogP contribution is 2.12. The lowest BCUT2D eigenvalue weighted by Gasteiger charge is -2.06. The minimum Gasteiger partial charge on any atom is -0.508 e. The van der Waals surface area contributed by atoms with Crippen LogP contribution in [0.25, 0.3) is 10.4 Å². The topological polar surface area (TPSA) is 89.2 Å². The Kier molecular flexibility index (Phi) is 2.45. The third kappa shape index (κ3) is 2.97. The average Bonchev–Trinajstić information content (AvgIpc) is 2.55. The Morgan fingerprint density at radius 3 is 2.64 bits per heavy atom. The molecule has 0 aliphatic carbocycles. The number of hydrogen-bond acceptors (Lipinski definition) is 3. The number of azide groups is 1. The first-order valence-electron chi connectivity index (χ1n) is 7.19. The number of phenols is 1. The Hall–Kier alpha value is -1.71. The van der Waals surface area contributed by atoms with E-state index < -0.39 is 6.04 Å². The van der Waals surface area contributed by atoms with E-state index in [1.54, 1.807) is 24.3 Å². The van der Waals surface area contributed by atoms with Crippen molar-refractivity contribution in [2.75, 3.05) is 6.61 Å². The lowest BCUT2D eigenvalue weighted by molar-refractivity contribution is 0.265. The summed E-state index contributed by atoms with van der Waals surface area (Å²) in [4.78, 5) is 2.64. The van der Waals surface area contributed by atoms with Crippen molar-refractivity contribution in [2.24, 2.45) is 5.11 Å². The molecule has 0 amide bonds. The predicted molar refractivity (Wildman–Crippen MR) is 60.3 cm³/mol. The summed E-state index contributed by atoms with van der Waals surface area (Å²) in [7, 11) is 0. The summed E-state index contributed by atoms with van der Waals surface area (Å²) in [6, 6.07) is 6.12. The van der Waals surface area contributed by atoms with Crippen LogP contribution in [0.3, 0.4) is 0 Å². The highest BCUT2D eigenvalue weighted by atomic mass is 16.3. The Morgan fingerprint density at radius 1 is 1.50 bits per heavy atom. The number of benzene rings is 1. The van der Waals surface area contributed by atoms with Crippen LogP contribution in [0.4, 0.5) is 0 Å². The van der Waals surface area contributed by atoms with Gasteiger partial charge in [0.05, 0.1) is 12.6 Å². The molecule has 0 aromatic heterocycles. The van der Waals surface area contributed by atoms with Gasteiger partial charge in [-0.05, 0) is 29.6 Å². The van der Waals surface area contributed by atoms with E-state index in [9.17, 15) is 0 Å². The van der Waals surface area contributed by atoms with Gasteiger partial charge in [-0.15, -0.1) is 0 Å². The fourth-order valence-corrected chi connectivity index (χ4v) is 1.12. The lowest BCUT2D eigenvalue weighted by Crippen LogP contribution is -2.12. The molecule has 1 atom stereocenters. The summed E-state index contributed by atoms with van der Waals surface area (Å²) in [5, 5.41) is 21.3. The third-order valence-corrected chi connectivity index (χ3v) is 1.83. The van der Waals surface area contributed by atoms with Crippen molar-refractivity contribution >= 4 is 0 Å². The first-order chi connectivity index (χ1) is 9.76. The first-order valence-corrected chi connectivity index (χ1v) is 4.19. The molecule has 0 unspecified atom stereocenters. The van der Waals surface area contributed by atoms with E-state index >= 15 is 0 Å². The number of hydrogen-bond donors (Lipinski definition) is 2. The number of phenolic OH excluding ortho intramolecular Hbond substituents is 1. The van der Waals surface area contributed by atoms with Crippen molar-refractivity contribution in [1.82, 2.24) is 0 Å². The maximum absolute atomic E-state index is 9.02. The van der Waals surface area contributed by atoms with Crippen molar-refractivity contribution in [3.63, 3.8) is 0 Å². The molecule has 5 heteroatoms. The summed E-state index contributed by atoms with van der Waals surface area (Å²) < 4.78 is 30.0. The molecule has 0 heterocycles. The third-order valence-electron chi connectivity index (χ3n) is 1.83. The van der Waals surface area contributed by atoms with E-state index in [-0.39, 0.29) is 13.8 Å². The predicted octanol–water partition coefficient (Wildman–Crippen LogP) is 2.59. The van der Waals surface area contributed by atoms with E-state index in [0.717, 1.165) is 5.56 Å². The monoisotopic (exact) mass is 208 g/mol. The molecule has 0 bridgehead atoms. The SMILES string of the molecule is [2HH].[2H][2H].[2H][2H].[2H][2H].[N-]=[N+]=N[C@H](CO)Cc1ccc(O)cc1. The second-order valence-corrected chi connectivity index (χ2v) is 2.91. The van der Waals surface area contributed by atoms with Crippen LogP contribution in [0.2, 0.25) is 0 Å². The second-order valence-electron chi connectivity index (χ2n) is 2.91. The minimum atomic E-state index is -0.440. The largest absolute Gasteiger partial charge is 0.508 e. The number of aromatic hydroxyl groups is 1. The van der Waals surface area contributed by atoms with Crippen LogP contribution in [0.15, 0.2) is 29.4 Å². The van der Waals surface area contributed by atoms with E-state index in [0.29, 0.717) is 6.42 Å². The molecule has 1 aromatic carbocycles. The minimum absolute atomic E-state index is 0. The molecule has 82 valence electrons.